The first-order chi connectivity index (χ1) is 9.78. The molecule has 0 N–H and O–H groups in total. The summed E-state index contributed by atoms with van der Waals surface area (Å²) in [7, 11) is -0.443. The molecule has 1 aromatic heterocycles. The standard InChI is InChI=1S/C13H20N2O4S2/c1-9-8-20-11(13(16)19-4)12(9)21(17,18)15-6-5-14(3)10(2)7-15/h8,10H,5-7H2,1-4H3. The molecule has 1 aliphatic rings. The van der Waals surface area contributed by atoms with E-state index in [-0.39, 0.29) is 15.8 Å². The van der Waals surface area contributed by atoms with Gasteiger partial charge in [-0.05, 0) is 31.8 Å². The quantitative estimate of drug-likeness (QED) is 0.777. The van der Waals surface area contributed by atoms with Gasteiger partial charge in [0.15, 0.2) is 0 Å². The molecule has 2 heterocycles. The third kappa shape index (κ3) is 2.98. The third-order valence-electron chi connectivity index (χ3n) is 3.81. The molecule has 1 aromatic rings. The second-order valence-corrected chi connectivity index (χ2v) is 8.02. The predicted octanol–water partition coefficient (Wildman–Crippen LogP) is 1.17. The summed E-state index contributed by atoms with van der Waals surface area (Å²) in [5, 5.41) is 1.68. The van der Waals surface area contributed by atoms with Crippen LogP contribution in [0.25, 0.3) is 0 Å². The summed E-state index contributed by atoms with van der Waals surface area (Å²) in [6.45, 7) is 5.23. The molecule has 1 atom stereocenters. The first kappa shape index (κ1) is 16.4. The van der Waals surface area contributed by atoms with Gasteiger partial charge in [-0.25, -0.2) is 13.2 Å². The van der Waals surface area contributed by atoms with Crippen molar-refractivity contribution >= 4 is 27.3 Å². The highest BCUT2D eigenvalue weighted by atomic mass is 32.2. The zero-order chi connectivity index (χ0) is 15.8. The van der Waals surface area contributed by atoms with Crippen LogP contribution in [0.5, 0.6) is 0 Å². The normalized spacial score (nSPS) is 21.4. The molecule has 1 saturated heterocycles. The van der Waals surface area contributed by atoms with Crippen molar-refractivity contribution in [1.29, 1.82) is 0 Å². The van der Waals surface area contributed by atoms with Crippen LogP contribution >= 0.6 is 11.3 Å². The lowest BCUT2D eigenvalue weighted by atomic mass is 10.2. The molecule has 0 saturated carbocycles. The summed E-state index contributed by atoms with van der Waals surface area (Å²) in [6.07, 6.45) is 0. The van der Waals surface area contributed by atoms with E-state index >= 15 is 0 Å². The Morgan fingerprint density at radius 3 is 2.67 bits per heavy atom. The van der Waals surface area contributed by atoms with Gasteiger partial charge in [0, 0.05) is 25.7 Å². The molecule has 0 bridgehead atoms. The average Bonchev–Trinajstić information content (AvgIpc) is 2.83. The molecule has 6 nitrogen and oxygen atoms in total. The van der Waals surface area contributed by atoms with Crippen molar-refractivity contribution in [1.82, 2.24) is 9.21 Å². The molecular weight excluding hydrogens is 312 g/mol. The molecule has 0 aromatic carbocycles. The van der Waals surface area contributed by atoms with Gasteiger partial charge < -0.3 is 9.64 Å². The van der Waals surface area contributed by atoms with Crippen LogP contribution in [0.15, 0.2) is 10.3 Å². The number of likely N-dealkylation sites (N-methyl/N-ethyl adjacent to an activating group) is 1. The Balaban J connectivity index is 2.41. The number of thiophene rings is 1. The van der Waals surface area contributed by atoms with Gasteiger partial charge in [-0.3, -0.25) is 0 Å². The summed E-state index contributed by atoms with van der Waals surface area (Å²) in [6, 6.07) is 0.147. The van der Waals surface area contributed by atoms with Crippen LogP contribution in [0.1, 0.15) is 22.2 Å². The highest BCUT2D eigenvalue weighted by molar-refractivity contribution is 7.89. The Bertz CT molecular complexity index is 639. The van der Waals surface area contributed by atoms with Crippen LogP contribution in [0, 0.1) is 6.92 Å². The van der Waals surface area contributed by atoms with E-state index in [1.54, 1.807) is 12.3 Å². The topological polar surface area (TPSA) is 66.9 Å². The lowest BCUT2D eigenvalue weighted by Crippen LogP contribution is -2.52. The zero-order valence-electron chi connectivity index (χ0n) is 12.6. The first-order valence-corrected chi connectivity index (χ1v) is 8.97. The second-order valence-electron chi connectivity index (χ2n) is 5.26. The molecule has 2 rings (SSSR count). The van der Waals surface area contributed by atoms with E-state index in [1.165, 1.54) is 11.4 Å². The predicted molar refractivity (Wildman–Crippen MR) is 81.2 cm³/mol. The van der Waals surface area contributed by atoms with Crippen LogP contribution in [0.3, 0.4) is 0 Å². The lowest BCUT2D eigenvalue weighted by molar-refractivity contribution is 0.0602. The number of rotatable bonds is 3. The van der Waals surface area contributed by atoms with Gasteiger partial charge in [0.05, 0.1) is 7.11 Å². The van der Waals surface area contributed by atoms with E-state index in [1.807, 2.05) is 14.0 Å². The fourth-order valence-electron chi connectivity index (χ4n) is 2.35. The van der Waals surface area contributed by atoms with Gasteiger partial charge in [-0.2, -0.15) is 4.31 Å². The molecule has 8 heteroatoms. The number of carbonyl (C=O) groups is 1. The zero-order valence-corrected chi connectivity index (χ0v) is 14.3. The van der Waals surface area contributed by atoms with Gasteiger partial charge in [0.1, 0.15) is 9.77 Å². The number of methoxy groups -OCH3 is 1. The molecule has 0 spiro atoms. The third-order valence-corrected chi connectivity index (χ3v) is 7.07. The van der Waals surface area contributed by atoms with Crippen molar-refractivity contribution in [3.63, 3.8) is 0 Å². The molecule has 21 heavy (non-hydrogen) atoms. The number of hydrogen-bond donors (Lipinski definition) is 0. The van der Waals surface area contributed by atoms with Crippen molar-refractivity contribution in [3.05, 3.63) is 15.8 Å². The molecule has 0 aliphatic carbocycles. The molecule has 0 amide bonds. The maximum absolute atomic E-state index is 12.9. The van der Waals surface area contributed by atoms with E-state index in [9.17, 15) is 13.2 Å². The van der Waals surface area contributed by atoms with E-state index in [4.69, 9.17) is 4.74 Å². The van der Waals surface area contributed by atoms with Crippen molar-refractivity contribution < 1.29 is 17.9 Å². The van der Waals surface area contributed by atoms with E-state index in [0.717, 1.165) is 11.3 Å². The van der Waals surface area contributed by atoms with Crippen LogP contribution in [0.4, 0.5) is 0 Å². The number of hydrogen-bond acceptors (Lipinski definition) is 6. The van der Waals surface area contributed by atoms with Crippen molar-refractivity contribution in [2.45, 2.75) is 24.8 Å². The fraction of sp³-hybridized carbons (Fsp3) is 0.615. The van der Waals surface area contributed by atoms with Crippen molar-refractivity contribution in [3.8, 4) is 0 Å². The number of nitrogens with zero attached hydrogens (tertiary/aromatic N) is 2. The number of ether oxygens (including phenoxy) is 1. The largest absolute Gasteiger partial charge is 0.465 e. The van der Waals surface area contributed by atoms with Gasteiger partial charge in [-0.15, -0.1) is 11.3 Å². The maximum Gasteiger partial charge on any atom is 0.349 e. The molecule has 1 fully saturated rings. The molecule has 1 aliphatic heterocycles. The summed E-state index contributed by atoms with van der Waals surface area (Å²) < 4.78 is 31.9. The number of esters is 1. The highest BCUT2D eigenvalue weighted by Crippen LogP contribution is 2.31. The molecule has 118 valence electrons. The Morgan fingerprint density at radius 1 is 1.43 bits per heavy atom. The summed E-state index contributed by atoms with van der Waals surface area (Å²) in [5.74, 6) is -0.603. The Kier molecular flexibility index (Phi) is 4.72. The first-order valence-electron chi connectivity index (χ1n) is 6.65. The van der Waals surface area contributed by atoms with Crippen LogP contribution < -0.4 is 0 Å². The summed E-state index contributed by atoms with van der Waals surface area (Å²) in [5.41, 5.74) is 0.590. The van der Waals surface area contributed by atoms with Crippen LogP contribution in [-0.4, -0.2) is 63.4 Å². The minimum Gasteiger partial charge on any atom is -0.465 e. The smallest absolute Gasteiger partial charge is 0.349 e. The Hall–Kier alpha value is -0.960. The SMILES string of the molecule is COC(=O)c1scc(C)c1S(=O)(=O)N1CCN(C)C(C)C1. The molecule has 1 unspecified atom stereocenters. The number of carbonyl (C=O) groups excluding carboxylic acids is 1. The average molecular weight is 332 g/mol. The van der Waals surface area contributed by atoms with Gasteiger partial charge in [-0.1, -0.05) is 0 Å². The van der Waals surface area contributed by atoms with Crippen molar-refractivity contribution in [2.24, 2.45) is 0 Å². The Labute approximate surface area is 129 Å². The minimum absolute atomic E-state index is 0.0936. The summed E-state index contributed by atoms with van der Waals surface area (Å²) >= 11 is 1.11. The van der Waals surface area contributed by atoms with Crippen molar-refractivity contribution in [2.75, 3.05) is 33.8 Å². The number of sulfonamides is 1. The molecular formula is C13H20N2O4S2. The van der Waals surface area contributed by atoms with Gasteiger partial charge in [0.2, 0.25) is 10.0 Å². The highest BCUT2D eigenvalue weighted by Gasteiger charge is 2.35. The van der Waals surface area contributed by atoms with Crippen LogP contribution in [0.2, 0.25) is 0 Å². The molecule has 0 radical (unpaired) electrons. The lowest BCUT2D eigenvalue weighted by Gasteiger charge is -2.36. The van der Waals surface area contributed by atoms with Gasteiger partial charge in [0.25, 0.3) is 0 Å². The maximum atomic E-state index is 12.9. The van der Waals surface area contributed by atoms with Crippen LogP contribution in [-0.2, 0) is 14.8 Å². The number of aryl methyl sites for hydroxylation is 1. The summed E-state index contributed by atoms with van der Waals surface area (Å²) in [4.78, 5) is 14.2. The van der Waals surface area contributed by atoms with E-state index in [2.05, 4.69) is 4.90 Å². The fourth-order valence-corrected chi connectivity index (χ4v) is 5.52. The Morgan fingerprint density at radius 2 is 2.10 bits per heavy atom. The monoisotopic (exact) mass is 332 g/mol. The second kappa shape index (κ2) is 6.04. The van der Waals surface area contributed by atoms with E-state index < -0.39 is 16.0 Å². The van der Waals surface area contributed by atoms with E-state index in [0.29, 0.717) is 25.2 Å². The minimum atomic E-state index is -3.68. The van der Waals surface area contributed by atoms with Gasteiger partial charge >= 0.3 is 5.97 Å². The number of piperazine rings is 1.